The summed E-state index contributed by atoms with van der Waals surface area (Å²) in [7, 11) is 0. The number of benzene rings is 1. The minimum absolute atomic E-state index is 0.235. The fraction of sp³-hybridized carbons (Fsp3) is 0.267. The Kier molecular flexibility index (Phi) is 3.78. The first-order valence-corrected chi connectivity index (χ1v) is 7.11. The minimum Gasteiger partial charge on any atom is -0.478 e. The van der Waals surface area contributed by atoms with Gasteiger partial charge >= 0.3 is 5.97 Å². The first-order chi connectivity index (χ1) is 10.6. The smallest absolute Gasteiger partial charge is 0.335 e. The molecule has 0 unspecified atom stereocenters. The molecule has 2 aromatic rings. The Bertz CT molecular complexity index is 681. The molecule has 0 atom stereocenters. The number of carboxylic acid groups (broad SMARTS) is 1. The van der Waals surface area contributed by atoms with Gasteiger partial charge in [0.15, 0.2) is 11.6 Å². The third-order valence-corrected chi connectivity index (χ3v) is 3.66. The van der Waals surface area contributed by atoms with E-state index in [4.69, 9.17) is 10.8 Å². The highest BCUT2D eigenvalue weighted by Crippen LogP contribution is 2.30. The number of aromatic carboxylic acids is 1. The van der Waals surface area contributed by atoms with Crippen LogP contribution in [0.4, 0.5) is 23.0 Å². The van der Waals surface area contributed by atoms with E-state index in [0.717, 1.165) is 37.4 Å². The van der Waals surface area contributed by atoms with Crippen molar-refractivity contribution in [2.24, 2.45) is 0 Å². The van der Waals surface area contributed by atoms with Gasteiger partial charge in [-0.3, -0.25) is 0 Å². The van der Waals surface area contributed by atoms with Crippen LogP contribution in [0.1, 0.15) is 23.2 Å². The Morgan fingerprint density at radius 2 is 1.86 bits per heavy atom. The maximum atomic E-state index is 10.8. The van der Waals surface area contributed by atoms with Crippen LogP contribution in [0.15, 0.2) is 30.6 Å². The van der Waals surface area contributed by atoms with Crippen LogP contribution in [-0.2, 0) is 0 Å². The maximum absolute atomic E-state index is 10.8. The summed E-state index contributed by atoms with van der Waals surface area (Å²) in [5, 5.41) is 12.0. The van der Waals surface area contributed by atoms with Gasteiger partial charge in [0.25, 0.3) is 0 Å². The Labute approximate surface area is 127 Å². The highest BCUT2D eigenvalue weighted by molar-refractivity contribution is 5.88. The third kappa shape index (κ3) is 2.78. The molecule has 1 aliphatic rings. The van der Waals surface area contributed by atoms with Crippen molar-refractivity contribution >= 4 is 29.0 Å². The second-order valence-corrected chi connectivity index (χ2v) is 5.16. The van der Waals surface area contributed by atoms with Crippen molar-refractivity contribution in [3.05, 3.63) is 36.2 Å². The summed E-state index contributed by atoms with van der Waals surface area (Å²) in [5.74, 6) is 0.321. The van der Waals surface area contributed by atoms with Crippen molar-refractivity contribution in [3.8, 4) is 0 Å². The van der Waals surface area contributed by atoms with E-state index < -0.39 is 5.97 Å². The molecule has 3 rings (SSSR count). The molecule has 7 nitrogen and oxygen atoms in total. The number of rotatable bonds is 4. The highest BCUT2D eigenvalue weighted by atomic mass is 16.4. The molecule has 0 amide bonds. The Morgan fingerprint density at radius 1 is 1.18 bits per heavy atom. The largest absolute Gasteiger partial charge is 0.478 e. The van der Waals surface area contributed by atoms with E-state index in [9.17, 15) is 4.79 Å². The maximum Gasteiger partial charge on any atom is 0.335 e. The van der Waals surface area contributed by atoms with Gasteiger partial charge in [-0.15, -0.1) is 0 Å². The fourth-order valence-electron chi connectivity index (χ4n) is 2.50. The second-order valence-electron chi connectivity index (χ2n) is 5.16. The number of carbonyl (C=O) groups is 1. The molecule has 1 fully saturated rings. The van der Waals surface area contributed by atoms with Crippen molar-refractivity contribution in [2.75, 3.05) is 29.0 Å². The van der Waals surface area contributed by atoms with Gasteiger partial charge in [-0.05, 0) is 37.1 Å². The second kappa shape index (κ2) is 5.88. The number of hydrogen-bond donors (Lipinski definition) is 3. The molecule has 1 aromatic carbocycles. The van der Waals surface area contributed by atoms with Crippen LogP contribution >= 0.6 is 0 Å². The molecule has 22 heavy (non-hydrogen) atoms. The van der Waals surface area contributed by atoms with Crippen molar-refractivity contribution in [1.82, 2.24) is 9.97 Å². The van der Waals surface area contributed by atoms with Crippen molar-refractivity contribution in [3.63, 3.8) is 0 Å². The van der Waals surface area contributed by atoms with Crippen LogP contribution in [0.25, 0.3) is 0 Å². The summed E-state index contributed by atoms with van der Waals surface area (Å²) in [6.45, 7) is 1.90. The molecule has 0 aliphatic carbocycles. The van der Waals surface area contributed by atoms with Crippen LogP contribution in [0, 0.1) is 0 Å². The van der Waals surface area contributed by atoms with Gasteiger partial charge < -0.3 is 21.1 Å². The van der Waals surface area contributed by atoms with E-state index in [1.807, 2.05) is 0 Å². The van der Waals surface area contributed by atoms with Gasteiger partial charge in [0, 0.05) is 18.8 Å². The minimum atomic E-state index is -0.954. The van der Waals surface area contributed by atoms with Gasteiger partial charge in [-0.1, -0.05) is 0 Å². The molecule has 0 saturated carbocycles. The van der Waals surface area contributed by atoms with E-state index >= 15 is 0 Å². The van der Waals surface area contributed by atoms with Gasteiger partial charge in [0.1, 0.15) is 12.0 Å². The predicted octanol–water partition coefficient (Wildman–Crippen LogP) is 2.10. The number of nitrogen functional groups attached to an aromatic ring is 1. The van der Waals surface area contributed by atoms with E-state index in [1.54, 1.807) is 12.1 Å². The van der Waals surface area contributed by atoms with Crippen LogP contribution in [0.5, 0.6) is 0 Å². The van der Waals surface area contributed by atoms with Crippen LogP contribution < -0.4 is 16.0 Å². The molecule has 0 bridgehead atoms. The standard InChI is InChI=1S/C15H17N5O2/c16-12-13(17-9-18-14(12)20-7-1-2-8-20)19-11-5-3-10(4-6-11)15(21)22/h3-6,9H,1-2,7-8,16H2,(H,21,22)(H,17,18,19). The van der Waals surface area contributed by atoms with Gasteiger partial charge in [-0.25, -0.2) is 14.8 Å². The summed E-state index contributed by atoms with van der Waals surface area (Å²) < 4.78 is 0. The van der Waals surface area contributed by atoms with Gasteiger partial charge in [0.05, 0.1) is 5.56 Å². The van der Waals surface area contributed by atoms with Crippen LogP contribution in [0.2, 0.25) is 0 Å². The first-order valence-electron chi connectivity index (χ1n) is 7.11. The number of nitrogens with one attached hydrogen (secondary N) is 1. The Hall–Kier alpha value is -2.83. The van der Waals surface area contributed by atoms with E-state index in [0.29, 0.717) is 11.5 Å². The lowest BCUT2D eigenvalue weighted by atomic mass is 10.2. The van der Waals surface area contributed by atoms with Crippen LogP contribution in [0.3, 0.4) is 0 Å². The number of nitrogens with two attached hydrogens (primary N) is 1. The quantitative estimate of drug-likeness (QED) is 0.794. The van der Waals surface area contributed by atoms with Gasteiger partial charge in [-0.2, -0.15) is 0 Å². The Balaban J connectivity index is 1.82. The molecule has 7 heteroatoms. The summed E-state index contributed by atoms with van der Waals surface area (Å²) in [5.41, 5.74) is 7.63. The number of nitrogens with zero attached hydrogens (tertiary/aromatic N) is 3. The number of hydrogen-bond acceptors (Lipinski definition) is 6. The zero-order valence-corrected chi connectivity index (χ0v) is 12.0. The van der Waals surface area contributed by atoms with Crippen molar-refractivity contribution < 1.29 is 9.90 Å². The average molecular weight is 299 g/mol. The van der Waals surface area contributed by atoms with E-state index in [2.05, 4.69) is 20.2 Å². The molecule has 2 heterocycles. The molecule has 0 spiro atoms. The topological polar surface area (TPSA) is 104 Å². The summed E-state index contributed by atoms with van der Waals surface area (Å²) in [6, 6.07) is 6.42. The number of aromatic nitrogens is 2. The molecule has 0 radical (unpaired) electrons. The molecule has 4 N–H and O–H groups in total. The number of carboxylic acids is 1. The Morgan fingerprint density at radius 3 is 2.50 bits per heavy atom. The first kappa shape index (κ1) is 14.1. The lowest BCUT2D eigenvalue weighted by molar-refractivity contribution is 0.0697. The molecule has 1 aromatic heterocycles. The van der Waals surface area contributed by atoms with E-state index in [1.165, 1.54) is 18.5 Å². The van der Waals surface area contributed by atoms with Crippen molar-refractivity contribution in [2.45, 2.75) is 12.8 Å². The van der Waals surface area contributed by atoms with Crippen LogP contribution in [-0.4, -0.2) is 34.1 Å². The summed E-state index contributed by atoms with van der Waals surface area (Å²) in [4.78, 5) is 21.4. The molecular weight excluding hydrogens is 282 g/mol. The predicted molar refractivity (Wildman–Crippen MR) is 84.6 cm³/mol. The fourth-order valence-corrected chi connectivity index (χ4v) is 2.50. The lowest BCUT2D eigenvalue weighted by Crippen LogP contribution is -2.21. The highest BCUT2D eigenvalue weighted by Gasteiger charge is 2.18. The lowest BCUT2D eigenvalue weighted by Gasteiger charge is -2.19. The van der Waals surface area contributed by atoms with Gasteiger partial charge in [0.2, 0.25) is 0 Å². The SMILES string of the molecule is Nc1c(Nc2ccc(C(=O)O)cc2)ncnc1N1CCCC1. The normalized spacial score (nSPS) is 14.1. The molecule has 1 saturated heterocycles. The van der Waals surface area contributed by atoms with E-state index in [-0.39, 0.29) is 5.56 Å². The zero-order valence-electron chi connectivity index (χ0n) is 12.0. The molecular formula is C15H17N5O2. The number of anilines is 4. The zero-order chi connectivity index (χ0) is 15.5. The summed E-state index contributed by atoms with van der Waals surface area (Å²) >= 11 is 0. The molecule has 1 aliphatic heterocycles. The monoisotopic (exact) mass is 299 g/mol. The molecule has 114 valence electrons. The van der Waals surface area contributed by atoms with Crippen molar-refractivity contribution in [1.29, 1.82) is 0 Å². The summed E-state index contributed by atoms with van der Waals surface area (Å²) in [6.07, 6.45) is 3.77. The average Bonchev–Trinajstić information content (AvgIpc) is 3.04. The third-order valence-electron chi connectivity index (χ3n) is 3.66.